The Morgan fingerprint density at radius 2 is 1.94 bits per heavy atom. The molecule has 1 aromatic rings. The third-order valence-electron chi connectivity index (χ3n) is 2.83. The Morgan fingerprint density at radius 1 is 1.22 bits per heavy atom. The fraction of sp³-hybridized carbons (Fsp3) is 0.529. The molecular weight excluding hydrogens is 220 g/mol. The fourth-order valence-electron chi connectivity index (χ4n) is 1.81. The second-order valence-electron chi connectivity index (χ2n) is 5.44. The molecule has 0 radical (unpaired) electrons. The topological polar surface area (TPSA) is 9.23 Å². The molecule has 0 bridgehead atoms. The Hall–Kier alpha value is -1.42. The van der Waals surface area contributed by atoms with E-state index in [-0.39, 0.29) is 0 Å². The van der Waals surface area contributed by atoms with E-state index in [0.29, 0.717) is 11.8 Å². The van der Waals surface area contributed by atoms with Crippen molar-refractivity contribution in [2.45, 2.75) is 46.5 Å². The van der Waals surface area contributed by atoms with Gasteiger partial charge in [-0.25, -0.2) is 0 Å². The first-order chi connectivity index (χ1) is 8.54. The molecular formula is C17H24O. The van der Waals surface area contributed by atoms with E-state index < -0.39 is 0 Å². The van der Waals surface area contributed by atoms with Crippen LogP contribution in [-0.4, -0.2) is 6.61 Å². The molecule has 0 saturated heterocycles. The second kappa shape index (κ2) is 7.11. The van der Waals surface area contributed by atoms with Crippen LogP contribution in [0.3, 0.4) is 0 Å². The summed E-state index contributed by atoms with van der Waals surface area (Å²) in [4.78, 5) is 0. The number of hydrogen-bond acceptors (Lipinski definition) is 1. The van der Waals surface area contributed by atoms with E-state index in [0.717, 1.165) is 25.2 Å². The Bertz CT molecular complexity index is 410. The highest BCUT2D eigenvalue weighted by atomic mass is 16.5. The zero-order valence-electron chi connectivity index (χ0n) is 12.0. The van der Waals surface area contributed by atoms with Gasteiger partial charge in [0.05, 0.1) is 6.61 Å². The Morgan fingerprint density at radius 3 is 2.50 bits per heavy atom. The van der Waals surface area contributed by atoms with Crippen molar-refractivity contribution in [3.05, 3.63) is 29.3 Å². The van der Waals surface area contributed by atoms with Crippen LogP contribution in [-0.2, 0) is 6.42 Å². The summed E-state index contributed by atoms with van der Waals surface area (Å²) >= 11 is 0. The van der Waals surface area contributed by atoms with Crippen LogP contribution in [0.1, 0.15) is 51.2 Å². The van der Waals surface area contributed by atoms with Gasteiger partial charge < -0.3 is 4.74 Å². The van der Waals surface area contributed by atoms with Crippen LogP contribution < -0.4 is 4.74 Å². The number of hydrogen-bond donors (Lipinski definition) is 0. The number of terminal acetylenes is 1. The molecule has 0 atom stereocenters. The summed E-state index contributed by atoms with van der Waals surface area (Å²) in [6, 6.07) is 6.44. The first kappa shape index (κ1) is 14.6. The maximum atomic E-state index is 5.88. The zero-order chi connectivity index (χ0) is 13.5. The van der Waals surface area contributed by atoms with Crippen molar-refractivity contribution < 1.29 is 4.74 Å². The third-order valence-corrected chi connectivity index (χ3v) is 2.83. The van der Waals surface area contributed by atoms with Gasteiger partial charge in [-0.15, -0.1) is 12.3 Å². The summed E-state index contributed by atoms with van der Waals surface area (Å²) in [5, 5.41) is 0. The van der Waals surface area contributed by atoms with Gasteiger partial charge in [0, 0.05) is 6.42 Å². The van der Waals surface area contributed by atoms with Crippen LogP contribution in [0.2, 0.25) is 0 Å². The lowest BCUT2D eigenvalue weighted by molar-refractivity contribution is 0.267. The second-order valence-corrected chi connectivity index (χ2v) is 5.44. The van der Waals surface area contributed by atoms with Gasteiger partial charge in [-0.05, 0) is 35.4 Å². The molecule has 0 aliphatic carbocycles. The molecule has 1 heteroatoms. The van der Waals surface area contributed by atoms with Gasteiger partial charge in [0.2, 0.25) is 0 Å². The van der Waals surface area contributed by atoms with Crippen LogP contribution in [0.15, 0.2) is 18.2 Å². The van der Waals surface area contributed by atoms with Gasteiger partial charge in [-0.1, -0.05) is 39.8 Å². The predicted molar refractivity (Wildman–Crippen MR) is 78.0 cm³/mol. The number of rotatable bonds is 6. The largest absolute Gasteiger partial charge is 0.493 e. The number of aryl methyl sites for hydroxylation is 1. The quantitative estimate of drug-likeness (QED) is 0.673. The van der Waals surface area contributed by atoms with Crippen LogP contribution in [0.5, 0.6) is 5.75 Å². The van der Waals surface area contributed by atoms with Gasteiger partial charge in [0.1, 0.15) is 5.75 Å². The standard InChI is InChI=1S/C17H24O/c1-6-7-8-15-9-10-17(18-12-13(2)3)16(11-15)14(4)5/h1,9-11,13-14H,7-8,12H2,2-5H3. The normalized spacial score (nSPS) is 10.7. The minimum Gasteiger partial charge on any atom is -0.493 e. The highest BCUT2D eigenvalue weighted by molar-refractivity contribution is 5.39. The van der Waals surface area contributed by atoms with Crippen molar-refractivity contribution in [1.29, 1.82) is 0 Å². The molecule has 1 aromatic carbocycles. The van der Waals surface area contributed by atoms with Crippen molar-refractivity contribution in [1.82, 2.24) is 0 Å². The smallest absolute Gasteiger partial charge is 0.122 e. The van der Waals surface area contributed by atoms with E-state index in [2.05, 4.69) is 51.8 Å². The lowest BCUT2D eigenvalue weighted by Crippen LogP contribution is -2.07. The van der Waals surface area contributed by atoms with Crippen molar-refractivity contribution in [3.8, 4) is 18.1 Å². The monoisotopic (exact) mass is 244 g/mol. The van der Waals surface area contributed by atoms with Crippen molar-refractivity contribution in [3.63, 3.8) is 0 Å². The molecule has 1 rings (SSSR count). The number of benzene rings is 1. The molecule has 0 aliphatic rings. The number of ether oxygens (including phenoxy) is 1. The third kappa shape index (κ3) is 4.45. The molecule has 0 heterocycles. The molecule has 0 fully saturated rings. The highest BCUT2D eigenvalue weighted by Crippen LogP contribution is 2.28. The summed E-state index contributed by atoms with van der Waals surface area (Å²) in [5.74, 6) is 4.72. The minimum absolute atomic E-state index is 0.470. The zero-order valence-corrected chi connectivity index (χ0v) is 12.0. The summed E-state index contributed by atoms with van der Waals surface area (Å²) in [5.41, 5.74) is 2.58. The highest BCUT2D eigenvalue weighted by Gasteiger charge is 2.09. The van der Waals surface area contributed by atoms with E-state index >= 15 is 0 Å². The fourth-order valence-corrected chi connectivity index (χ4v) is 1.81. The van der Waals surface area contributed by atoms with E-state index in [9.17, 15) is 0 Å². The molecule has 0 N–H and O–H groups in total. The SMILES string of the molecule is C#CCCc1ccc(OCC(C)C)c(C(C)C)c1. The van der Waals surface area contributed by atoms with Crippen molar-refractivity contribution >= 4 is 0 Å². The minimum atomic E-state index is 0.470. The lowest BCUT2D eigenvalue weighted by Gasteiger charge is -2.16. The van der Waals surface area contributed by atoms with Gasteiger partial charge >= 0.3 is 0 Å². The first-order valence-electron chi connectivity index (χ1n) is 6.73. The molecule has 0 aromatic heterocycles. The molecule has 0 unspecified atom stereocenters. The van der Waals surface area contributed by atoms with E-state index in [1.807, 2.05) is 0 Å². The molecule has 0 amide bonds. The Kier molecular flexibility index (Phi) is 5.78. The molecule has 0 spiro atoms. The maximum absolute atomic E-state index is 5.88. The summed E-state index contributed by atoms with van der Waals surface area (Å²) < 4.78 is 5.88. The summed E-state index contributed by atoms with van der Waals surface area (Å²) in [7, 11) is 0. The molecule has 0 aliphatic heterocycles. The summed E-state index contributed by atoms with van der Waals surface area (Å²) in [6.07, 6.45) is 7.05. The van der Waals surface area contributed by atoms with Gasteiger partial charge in [-0.2, -0.15) is 0 Å². The molecule has 1 nitrogen and oxygen atoms in total. The van der Waals surface area contributed by atoms with Crippen LogP contribution in [0, 0.1) is 18.3 Å². The molecule has 98 valence electrons. The van der Waals surface area contributed by atoms with Gasteiger partial charge in [0.25, 0.3) is 0 Å². The van der Waals surface area contributed by atoms with Gasteiger partial charge in [-0.3, -0.25) is 0 Å². The average molecular weight is 244 g/mol. The maximum Gasteiger partial charge on any atom is 0.122 e. The van der Waals surface area contributed by atoms with Crippen LogP contribution in [0.25, 0.3) is 0 Å². The van der Waals surface area contributed by atoms with Crippen LogP contribution >= 0.6 is 0 Å². The lowest BCUT2D eigenvalue weighted by atomic mass is 9.98. The van der Waals surface area contributed by atoms with Gasteiger partial charge in [0.15, 0.2) is 0 Å². The van der Waals surface area contributed by atoms with E-state index in [1.165, 1.54) is 11.1 Å². The Balaban J connectivity index is 2.87. The average Bonchev–Trinajstić information content (AvgIpc) is 2.34. The van der Waals surface area contributed by atoms with Crippen molar-refractivity contribution in [2.75, 3.05) is 6.61 Å². The van der Waals surface area contributed by atoms with E-state index in [4.69, 9.17) is 11.2 Å². The Labute approximate surface area is 112 Å². The predicted octanol–water partition coefficient (Wildman–Crippen LogP) is 4.41. The van der Waals surface area contributed by atoms with Crippen LogP contribution in [0.4, 0.5) is 0 Å². The summed E-state index contributed by atoms with van der Waals surface area (Å²) in [6.45, 7) is 9.49. The van der Waals surface area contributed by atoms with E-state index in [1.54, 1.807) is 0 Å². The first-order valence-corrected chi connectivity index (χ1v) is 6.73. The molecule has 0 saturated carbocycles. The molecule has 18 heavy (non-hydrogen) atoms. The van der Waals surface area contributed by atoms with Crippen molar-refractivity contribution in [2.24, 2.45) is 5.92 Å².